The molecule has 0 atom stereocenters. The van der Waals surface area contributed by atoms with Gasteiger partial charge in [-0.1, -0.05) is 25.7 Å². The number of halogens is 2. The van der Waals surface area contributed by atoms with Gasteiger partial charge in [-0.15, -0.1) is 24.8 Å². The summed E-state index contributed by atoms with van der Waals surface area (Å²) in [6, 6.07) is 3.60. The molecule has 10 heteroatoms. The summed E-state index contributed by atoms with van der Waals surface area (Å²) >= 11 is 0. The zero-order valence-electron chi connectivity index (χ0n) is 16.8. The van der Waals surface area contributed by atoms with Crippen molar-refractivity contribution in [3.05, 3.63) is 38.7 Å². The average molecular weight is 446 g/mol. The first-order valence-corrected chi connectivity index (χ1v) is 9.57. The Morgan fingerprint density at radius 3 is 2.34 bits per heavy atom. The van der Waals surface area contributed by atoms with E-state index >= 15 is 0 Å². The van der Waals surface area contributed by atoms with Crippen molar-refractivity contribution in [2.24, 2.45) is 14.1 Å². The first kappa shape index (κ1) is 25.1. The van der Waals surface area contributed by atoms with E-state index in [2.05, 4.69) is 15.6 Å². The number of rotatable bonds is 5. The molecule has 0 unspecified atom stereocenters. The Morgan fingerprint density at radius 1 is 1.03 bits per heavy atom. The van der Waals surface area contributed by atoms with Crippen LogP contribution in [0.2, 0.25) is 0 Å². The molecule has 29 heavy (non-hydrogen) atoms. The highest BCUT2D eigenvalue weighted by atomic mass is 35.5. The Bertz CT molecular complexity index is 949. The smallest absolute Gasteiger partial charge is 0.332 e. The molecule has 1 aliphatic carbocycles. The molecular formula is C19H29Cl2N5O3. The number of carbonyl (C=O) groups is 1. The van der Waals surface area contributed by atoms with Gasteiger partial charge in [0.15, 0.2) is 0 Å². The van der Waals surface area contributed by atoms with Gasteiger partial charge in [-0.05, 0) is 25.0 Å². The maximum Gasteiger partial charge on any atom is 0.332 e. The van der Waals surface area contributed by atoms with Crippen molar-refractivity contribution in [3.8, 4) is 0 Å². The van der Waals surface area contributed by atoms with Crippen LogP contribution < -0.4 is 21.9 Å². The van der Waals surface area contributed by atoms with E-state index in [1.165, 1.54) is 63.3 Å². The lowest BCUT2D eigenvalue weighted by atomic mass is 10.1. The number of nitrogens with zero attached hydrogens (tertiary/aromatic N) is 3. The number of amides is 1. The van der Waals surface area contributed by atoms with Gasteiger partial charge in [0.25, 0.3) is 11.5 Å². The fourth-order valence-electron chi connectivity index (χ4n) is 3.61. The Morgan fingerprint density at radius 2 is 1.69 bits per heavy atom. The summed E-state index contributed by atoms with van der Waals surface area (Å²) in [4.78, 5) is 40.8. The van der Waals surface area contributed by atoms with Crippen LogP contribution in [0.5, 0.6) is 0 Å². The van der Waals surface area contributed by atoms with Gasteiger partial charge in [0.05, 0.1) is 5.39 Å². The molecule has 3 rings (SSSR count). The Kier molecular flexibility index (Phi) is 9.82. The molecule has 2 N–H and O–H groups in total. The van der Waals surface area contributed by atoms with Crippen LogP contribution in [-0.2, 0) is 14.1 Å². The van der Waals surface area contributed by atoms with E-state index < -0.39 is 11.2 Å². The van der Waals surface area contributed by atoms with Crippen molar-refractivity contribution in [3.63, 3.8) is 0 Å². The van der Waals surface area contributed by atoms with Crippen LogP contribution in [0.15, 0.2) is 21.7 Å². The summed E-state index contributed by atoms with van der Waals surface area (Å²) in [7, 11) is 2.96. The lowest BCUT2D eigenvalue weighted by molar-refractivity contribution is 0.0949. The third-order valence-corrected chi connectivity index (χ3v) is 5.23. The Balaban J connectivity index is 0.00000210. The van der Waals surface area contributed by atoms with Gasteiger partial charge in [-0.3, -0.25) is 18.7 Å². The van der Waals surface area contributed by atoms with Gasteiger partial charge in [0.1, 0.15) is 11.3 Å². The lowest BCUT2D eigenvalue weighted by Crippen LogP contribution is -2.38. The van der Waals surface area contributed by atoms with Crippen LogP contribution in [0.4, 0.5) is 0 Å². The minimum atomic E-state index is -0.467. The molecule has 2 aromatic heterocycles. The lowest BCUT2D eigenvalue weighted by Gasteiger charge is -2.16. The van der Waals surface area contributed by atoms with Crippen molar-refractivity contribution < 1.29 is 4.79 Å². The first-order valence-electron chi connectivity index (χ1n) is 9.57. The highest BCUT2D eigenvalue weighted by Crippen LogP contribution is 2.16. The number of fused-ring (bicyclic) bond motifs is 1. The second-order valence-electron chi connectivity index (χ2n) is 7.17. The molecule has 162 valence electrons. The topological polar surface area (TPSA) is 98.0 Å². The molecule has 0 spiro atoms. The van der Waals surface area contributed by atoms with E-state index in [1.54, 1.807) is 6.07 Å². The molecule has 1 saturated carbocycles. The molecule has 0 aromatic carbocycles. The van der Waals surface area contributed by atoms with Gasteiger partial charge in [-0.25, -0.2) is 9.78 Å². The average Bonchev–Trinajstić information content (AvgIpc) is 2.96. The van der Waals surface area contributed by atoms with Crippen molar-refractivity contribution in [2.45, 2.75) is 44.6 Å². The molecular weight excluding hydrogens is 417 g/mol. The highest BCUT2D eigenvalue weighted by molar-refractivity contribution is 5.94. The minimum Gasteiger partial charge on any atom is -0.349 e. The standard InChI is InChI=1S/C19H27N5O3.2ClH/c1-23-16-14(18(26)24(2)19(23)27)9-10-15(22-16)17(25)21-12-11-20-13-7-5-3-4-6-8-13;;/h9-10,13,20H,3-8,11-12H2,1-2H3,(H,21,25);2*1H. The van der Waals surface area contributed by atoms with E-state index in [0.717, 1.165) is 4.57 Å². The number of hydrogen-bond acceptors (Lipinski definition) is 5. The number of aromatic nitrogens is 3. The van der Waals surface area contributed by atoms with Crippen molar-refractivity contribution >= 4 is 41.8 Å². The summed E-state index contributed by atoms with van der Waals surface area (Å²) in [6.45, 7) is 1.22. The van der Waals surface area contributed by atoms with Crippen LogP contribution in [0, 0.1) is 0 Å². The minimum absolute atomic E-state index is 0. The fraction of sp³-hybridized carbons (Fsp3) is 0.579. The number of nitrogens with one attached hydrogen (secondary N) is 2. The third-order valence-electron chi connectivity index (χ3n) is 5.23. The zero-order valence-corrected chi connectivity index (χ0v) is 18.4. The van der Waals surface area contributed by atoms with Crippen LogP contribution >= 0.6 is 24.8 Å². The van der Waals surface area contributed by atoms with E-state index in [-0.39, 0.29) is 42.1 Å². The second kappa shape index (κ2) is 11.3. The zero-order chi connectivity index (χ0) is 19.4. The normalized spacial score (nSPS) is 14.6. The molecule has 1 amide bonds. The summed E-state index contributed by atoms with van der Waals surface area (Å²) in [6.07, 6.45) is 7.56. The molecule has 1 fully saturated rings. The molecule has 0 bridgehead atoms. The Labute approximate surface area is 181 Å². The van der Waals surface area contributed by atoms with Gasteiger partial charge in [-0.2, -0.15) is 0 Å². The van der Waals surface area contributed by atoms with Gasteiger partial charge < -0.3 is 10.6 Å². The fourth-order valence-corrected chi connectivity index (χ4v) is 3.61. The maximum absolute atomic E-state index is 12.4. The second-order valence-corrected chi connectivity index (χ2v) is 7.17. The van der Waals surface area contributed by atoms with Gasteiger partial charge in [0.2, 0.25) is 0 Å². The van der Waals surface area contributed by atoms with Gasteiger partial charge >= 0.3 is 5.69 Å². The van der Waals surface area contributed by atoms with Crippen molar-refractivity contribution in [2.75, 3.05) is 13.1 Å². The summed E-state index contributed by atoms with van der Waals surface area (Å²) in [5, 5.41) is 6.66. The highest BCUT2D eigenvalue weighted by Gasteiger charge is 2.14. The van der Waals surface area contributed by atoms with Crippen molar-refractivity contribution in [1.82, 2.24) is 24.8 Å². The third kappa shape index (κ3) is 5.81. The quantitative estimate of drug-likeness (QED) is 0.536. The predicted octanol–water partition coefficient (Wildman–Crippen LogP) is 1.52. The summed E-state index contributed by atoms with van der Waals surface area (Å²) in [5.74, 6) is -0.312. The SMILES string of the molecule is Cl.Cl.Cn1c(=O)c2ccc(C(=O)NCCNC3CCCCCC3)nc2n(C)c1=O. The van der Waals surface area contributed by atoms with E-state index in [9.17, 15) is 14.4 Å². The molecule has 8 nitrogen and oxygen atoms in total. The predicted molar refractivity (Wildman–Crippen MR) is 119 cm³/mol. The van der Waals surface area contributed by atoms with E-state index in [4.69, 9.17) is 0 Å². The van der Waals surface area contributed by atoms with Crippen LogP contribution in [0.1, 0.15) is 49.0 Å². The number of carbonyl (C=O) groups excluding carboxylic acids is 1. The van der Waals surface area contributed by atoms with Gasteiger partial charge in [0, 0.05) is 33.2 Å². The maximum atomic E-state index is 12.4. The van der Waals surface area contributed by atoms with Crippen LogP contribution in [-0.4, -0.2) is 39.2 Å². The summed E-state index contributed by atoms with van der Waals surface area (Å²) < 4.78 is 2.31. The summed E-state index contributed by atoms with van der Waals surface area (Å²) in [5.41, 5.74) is -0.474. The van der Waals surface area contributed by atoms with E-state index in [1.807, 2.05) is 0 Å². The van der Waals surface area contributed by atoms with Crippen LogP contribution in [0.3, 0.4) is 0 Å². The number of pyridine rings is 1. The van der Waals surface area contributed by atoms with E-state index in [0.29, 0.717) is 24.5 Å². The first-order chi connectivity index (χ1) is 13.0. The molecule has 0 radical (unpaired) electrons. The molecule has 0 aliphatic heterocycles. The molecule has 2 heterocycles. The number of aryl methyl sites for hydroxylation is 1. The molecule has 0 saturated heterocycles. The molecule has 2 aromatic rings. The van der Waals surface area contributed by atoms with Crippen molar-refractivity contribution in [1.29, 1.82) is 0 Å². The largest absolute Gasteiger partial charge is 0.349 e. The number of hydrogen-bond donors (Lipinski definition) is 2. The Hall–Kier alpha value is -1.90. The monoisotopic (exact) mass is 445 g/mol. The van der Waals surface area contributed by atoms with Crippen LogP contribution in [0.25, 0.3) is 11.0 Å². The molecule has 1 aliphatic rings.